The quantitative estimate of drug-likeness (QED) is 0.205. The fraction of sp³-hybridized carbons (Fsp3) is 0.167. The Hall–Kier alpha value is -4.02. The second-order valence-electron chi connectivity index (χ2n) is 11.3. The lowest BCUT2D eigenvalue weighted by molar-refractivity contribution is 0.0697. The van der Waals surface area contributed by atoms with E-state index in [4.69, 9.17) is 5.11 Å². The minimum absolute atomic E-state index is 0.230. The number of hydrogen-bond donors (Lipinski definition) is 1. The van der Waals surface area contributed by atoms with E-state index in [-0.39, 0.29) is 5.41 Å². The van der Waals surface area contributed by atoms with E-state index in [1.165, 1.54) is 37.1 Å². The molecule has 4 heteroatoms. The highest BCUT2D eigenvalue weighted by Crippen LogP contribution is 2.48. The molecule has 198 valence electrons. The Kier molecular flexibility index (Phi) is 6.89. The number of aromatic carboxylic acids is 1. The van der Waals surface area contributed by atoms with Crippen molar-refractivity contribution in [3.8, 4) is 0 Å². The molecule has 1 aromatic heterocycles. The van der Waals surface area contributed by atoms with Crippen LogP contribution in [0.5, 0.6) is 0 Å². The lowest BCUT2D eigenvalue weighted by atomic mass is 9.63. The molecule has 0 saturated carbocycles. The van der Waals surface area contributed by atoms with Crippen LogP contribution in [0.1, 0.15) is 46.8 Å². The zero-order chi connectivity index (χ0) is 27.9. The number of nitrogens with zero attached hydrogens (tertiary/aromatic N) is 1. The molecule has 0 amide bonds. The largest absolute Gasteiger partial charge is 0.478 e. The first-order valence-electron chi connectivity index (χ1n) is 13.6. The highest BCUT2D eigenvalue weighted by Gasteiger charge is 2.36. The minimum atomic E-state index is -0.911. The number of rotatable bonds is 2. The molecule has 0 radical (unpaired) electrons. The van der Waals surface area contributed by atoms with E-state index in [2.05, 4.69) is 108 Å². The van der Waals surface area contributed by atoms with Gasteiger partial charge in [0.2, 0.25) is 0 Å². The maximum Gasteiger partial charge on any atom is 0.335 e. The summed E-state index contributed by atoms with van der Waals surface area (Å²) in [5, 5.41) is 15.1. The first-order valence-corrected chi connectivity index (χ1v) is 14.4. The van der Waals surface area contributed by atoms with Gasteiger partial charge in [0.15, 0.2) is 0 Å². The monoisotopic (exact) mass is 587 g/mol. The van der Waals surface area contributed by atoms with Crippen LogP contribution in [0.25, 0.3) is 32.4 Å². The van der Waals surface area contributed by atoms with E-state index < -0.39 is 5.97 Å². The molecule has 1 atom stereocenters. The summed E-state index contributed by atoms with van der Waals surface area (Å²) in [6.07, 6.45) is 3.92. The van der Waals surface area contributed by atoms with Crippen LogP contribution in [-0.2, 0) is 12.8 Å². The maximum atomic E-state index is 10.6. The lowest BCUT2D eigenvalue weighted by Crippen LogP contribution is -2.31. The Balaban J connectivity index is 0.000000187. The molecule has 40 heavy (non-hydrogen) atoms. The van der Waals surface area contributed by atoms with Crippen LogP contribution in [0.2, 0.25) is 0 Å². The van der Waals surface area contributed by atoms with Crippen molar-refractivity contribution in [1.82, 2.24) is 4.98 Å². The number of fused-ring (bicyclic) bond motifs is 6. The first kappa shape index (κ1) is 26.2. The highest BCUT2D eigenvalue weighted by molar-refractivity contribution is 9.10. The normalized spacial score (nSPS) is 15.8. The Morgan fingerprint density at radius 3 is 2.45 bits per heavy atom. The van der Waals surface area contributed by atoms with Gasteiger partial charge < -0.3 is 5.11 Å². The van der Waals surface area contributed by atoms with Gasteiger partial charge in [0.25, 0.3) is 0 Å². The summed E-state index contributed by atoms with van der Waals surface area (Å²) in [5.41, 5.74) is 5.84. The standard InChI is InChI=1S/C26H23Br.C10H7NO2/c1-26(2)16-24-18(15-25(26)19-7-5-8-20(27)14-19)11-13-22-21-9-4-3-6-17(21)10-12-23(22)24;12-10(13)8-3-4-9-7(6-8)2-1-5-11-9/h3-14,25H,15-16H2,1-2H3;1-6H,(H,12,13). The summed E-state index contributed by atoms with van der Waals surface area (Å²) in [6, 6.07) is 35.4. The molecule has 0 aliphatic heterocycles. The number of hydrogen-bond acceptors (Lipinski definition) is 2. The van der Waals surface area contributed by atoms with E-state index >= 15 is 0 Å². The Morgan fingerprint density at radius 2 is 1.62 bits per heavy atom. The van der Waals surface area contributed by atoms with E-state index in [9.17, 15) is 4.79 Å². The molecular weight excluding hydrogens is 558 g/mol. The van der Waals surface area contributed by atoms with Crippen LogP contribution in [0.3, 0.4) is 0 Å². The third-order valence-corrected chi connectivity index (χ3v) is 8.73. The highest BCUT2D eigenvalue weighted by atomic mass is 79.9. The van der Waals surface area contributed by atoms with Gasteiger partial charge in [-0.3, -0.25) is 4.98 Å². The van der Waals surface area contributed by atoms with Crippen LogP contribution < -0.4 is 0 Å². The van der Waals surface area contributed by atoms with Gasteiger partial charge in [0.05, 0.1) is 11.1 Å². The van der Waals surface area contributed by atoms with Crippen molar-refractivity contribution in [3.63, 3.8) is 0 Å². The third kappa shape index (κ3) is 5.00. The molecule has 0 fully saturated rings. The summed E-state index contributed by atoms with van der Waals surface area (Å²) >= 11 is 3.65. The smallest absolute Gasteiger partial charge is 0.335 e. The van der Waals surface area contributed by atoms with Gasteiger partial charge in [-0.15, -0.1) is 0 Å². The SMILES string of the molecule is CC1(C)Cc2c(ccc3c2ccc2ccccc23)CC1c1cccc(Br)c1.O=C(O)c1ccc2ncccc2c1. The Bertz CT molecular complexity index is 1890. The van der Waals surface area contributed by atoms with Crippen molar-refractivity contribution in [3.05, 3.63) is 136 Å². The summed E-state index contributed by atoms with van der Waals surface area (Å²) in [6.45, 7) is 4.86. The fourth-order valence-electron chi connectivity index (χ4n) is 6.17. The number of carboxylic acids is 1. The van der Waals surface area contributed by atoms with E-state index in [1.807, 2.05) is 6.07 Å². The van der Waals surface area contributed by atoms with Crippen LogP contribution in [0, 0.1) is 5.41 Å². The number of aromatic nitrogens is 1. The van der Waals surface area contributed by atoms with Crippen molar-refractivity contribution >= 4 is 54.3 Å². The summed E-state index contributed by atoms with van der Waals surface area (Å²) in [5.74, 6) is -0.369. The van der Waals surface area contributed by atoms with Gasteiger partial charge in [-0.05, 0) is 98.8 Å². The predicted octanol–water partition coefficient (Wildman–Crippen LogP) is 9.60. The average molecular weight is 589 g/mol. The van der Waals surface area contributed by atoms with Crippen LogP contribution >= 0.6 is 15.9 Å². The van der Waals surface area contributed by atoms with Crippen molar-refractivity contribution in [2.45, 2.75) is 32.6 Å². The third-order valence-electron chi connectivity index (χ3n) is 8.24. The molecular formula is C36H30BrNO2. The van der Waals surface area contributed by atoms with Gasteiger partial charge in [-0.25, -0.2) is 4.79 Å². The number of benzene rings is 5. The molecule has 6 aromatic rings. The summed E-state index contributed by atoms with van der Waals surface area (Å²) in [4.78, 5) is 14.7. The fourth-order valence-corrected chi connectivity index (χ4v) is 6.59. The number of carbonyl (C=O) groups is 1. The van der Waals surface area contributed by atoms with E-state index in [0.717, 1.165) is 23.7 Å². The molecule has 7 rings (SSSR count). The van der Waals surface area contributed by atoms with Crippen molar-refractivity contribution in [2.24, 2.45) is 5.41 Å². The van der Waals surface area contributed by atoms with Gasteiger partial charge in [0.1, 0.15) is 0 Å². The average Bonchev–Trinajstić information content (AvgIpc) is 2.96. The number of carboxylic acid groups (broad SMARTS) is 1. The Morgan fingerprint density at radius 1 is 0.825 bits per heavy atom. The van der Waals surface area contributed by atoms with Crippen LogP contribution in [0.15, 0.2) is 114 Å². The van der Waals surface area contributed by atoms with Crippen molar-refractivity contribution in [1.29, 1.82) is 0 Å². The maximum absolute atomic E-state index is 10.6. The van der Waals surface area contributed by atoms with Crippen LogP contribution in [-0.4, -0.2) is 16.1 Å². The second kappa shape index (κ2) is 10.5. The topological polar surface area (TPSA) is 50.2 Å². The molecule has 0 saturated heterocycles. The summed E-state index contributed by atoms with van der Waals surface area (Å²) in [7, 11) is 0. The predicted molar refractivity (Wildman–Crippen MR) is 168 cm³/mol. The zero-order valence-corrected chi connectivity index (χ0v) is 24.2. The lowest BCUT2D eigenvalue weighted by Gasteiger charge is -2.41. The van der Waals surface area contributed by atoms with Gasteiger partial charge >= 0.3 is 5.97 Å². The molecule has 1 heterocycles. The number of pyridine rings is 1. The molecule has 5 aromatic carbocycles. The zero-order valence-electron chi connectivity index (χ0n) is 22.6. The van der Waals surface area contributed by atoms with E-state index in [0.29, 0.717) is 11.5 Å². The molecule has 1 unspecified atom stereocenters. The van der Waals surface area contributed by atoms with Crippen molar-refractivity contribution < 1.29 is 9.90 Å². The van der Waals surface area contributed by atoms with Gasteiger partial charge in [-0.1, -0.05) is 96.5 Å². The first-order chi connectivity index (χ1) is 19.3. The van der Waals surface area contributed by atoms with Gasteiger partial charge in [-0.2, -0.15) is 0 Å². The molecule has 1 aliphatic carbocycles. The molecule has 0 spiro atoms. The second-order valence-corrected chi connectivity index (χ2v) is 12.2. The van der Waals surface area contributed by atoms with Gasteiger partial charge in [0, 0.05) is 16.1 Å². The van der Waals surface area contributed by atoms with Crippen molar-refractivity contribution in [2.75, 3.05) is 0 Å². The molecule has 1 aliphatic rings. The minimum Gasteiger partial charge on any atom is -0.478 e. The molecule has 3 nitrogen and oxygen atoms in total. The molecule has 0 bridgehead atoms. The number of halogens is 1. The summed E-state index contributed by atoms with van der Waals surface area (Å²) < 4.78 is 1.17. The molecule has 1 N–H and O–H groups in total. The van der Waals surface area contributed by atoms with Crippen LogP contribution in [0.4, 0.5) is 0 Å². The Labute approximate surface area is 242 Å². The van der Waals surface area contributed by atoms with E-state index in [1.54, 1.807) is 36.0 Å².